The average Bonchev–Trinajstić information content (AvgIpc) is 1.91. The van der Waals surface area contributed by atoms with Crippen LogP contribution in [0.3, 0.4) is 0 Å². The molecule has 0 bridgehead atoms. The Labute approximate surface area is 75.7 Å². The SMILES string of the molecule is CC1COCC=C1O[Si](C)(C)C. The van der Waals surface area contributed by atoms with E-state index in [2.05, 4.69) is 32.6 Å². The van der Waals surface area contributed by atoms with Gasteiger partial charge in [-0.25, -0.2) is 0 Å². The Balaban J connectivity index is 2.55. The van der Waals surface area contributed by atoms with Crippen molar-refractivity contribution in [2.45, 2.75) is 26.6 Å². The molecule has 0 fully saturated rings. The summed E-state index contributed by atoms with van der Waals surface area (Å²) >= 11 is 0. The van der Waals surface area contributed by atoms with Crippen molar-refractivity contribution in [3.8, 4) is 0 Å². The van der Waals surface area contributed by atoms with E-state index in [9.17, 15) is 0 Å². The summed E-state index contributed by atoms with van der Waals surface area (Å²) in [4.78, 5) is 0. The summed E-state index contributed by atoms with van der Waals surface area (Å²) < 4.78 is 11.2. The number of rotatable bonds is 2. The first kappa shape index (κ1) is 9.80. The van der Waals surface area contributed by atoms with Crippen LogP contribution >= 0.6 is 0 Å². The van der Waals surface area contributed by atoms with Gasteiger partial charge in [0.15, 0.2) is 0 Å². The molecule has 1 rings (SSSR count). The molecule has 0 N–H and O–H groups in total. The van der Waals surface area contributed by atoms with Crippen molar-refractivity contribution in [3.05, 3.63) is 11.8 Å². The molecule has 0 radical (unpaired) electrons. The number of hydrogen-bond acceptors (Lipinski definition) is 2. The Bertz CT molecular complexity index is 181. The molecule has 1 atom stereocenters. The third kappa shape index (κ3) is 2.99. The molecule has 0 aromatic rings. The van der Waals surface area contributed by atoms with Gasteiger partial charge in [0.1, 0.15) is 0 Å². The maximum absolute atomic E-state index is 5.91. The lowest BCUT2D eigenvalue weighted by Crippen LogP contribution is -2.29. The zero-order valence-electron chi connectivity index (χ0n) is 8.39. The van der Waals surface area contributed by atoms with Gasteiger partial charge in [-0.15, -0.1) is 0 Å². The van der Waals surface area contributed by atoms with Crippen LogP contribution in [-0.2, 0) is 9.16 Å². The smallest absolute Gasteiger partial charge is 0.241 e. The van der Waals surface area contributed by atoms with Crippen LogP contribution in [-0.4, -0.2) is 21.5 Å². The van der Waals surface area contributed by atoms with Gasteiger partial charge < -0.3 is 9.16 Å². The lowest BCUT2D eigenvalue weighted by atomic mass is 10.1. The quantitative estimate of drug-likeness (QED) is 0.616. The molecule has 0 spiro atoms. The Morgan fingerprint density at radius 3 is 2.67 bits per heavy atom. The second-order valence-corrected chi connectivity index (χ2v) is 8.69. The molecule has 1 aliphatic heterocycles. The fourth-order valence-electron chi connectivity index (χ4n) is 1.17. The lowest BCUT2D eigenvalue weighted by Gasteiger charge is -2.28. The Morgan fingerprint density at radius 2 is 2.17 bits per heavy atom. The predicted octanol–water partition coefficient (Wildman–Crippen LogP) is 2.39. The van der Waals surface area contributed by atoms with Crippen molar-refractivity contribution < 1.29 is 9.16 Å². The van der Waals surface area contributed by atoms with Crippen molar-refractivity contribution in [1.29, 1.82) is 0 Å². The first-order valence-corrected chi connectivity index (χ1v) is 7.87. The summed E-state index contributed by atoms with van der Waals surface area (Å²) in [5.74, 6) is 1.57. The lowest BCUT2D eigenvalue weighted by molar-refractivity contribution is 0.104. The molecule has 1 heterocycles. The van der Waals surface area contributed by atoms with Crippen molar-refractivity contribution in [3.63, 3.8) is 0 Å². The fourth-order valence-corrected chi connectivity index (χ4v) is 2.16. The van der Waals surface area contributed by atoms with Gasteiger partial charge in [-0.1, -0.05) is 6.92 Å². The van der Waals surface area contributed by atoms with Gasteiger partial charge in [0.25, 0.3) is 0 Å². The van der Waals surface area contributed by atoms with E-state index in [0.717, 1.165) is 12.4 Å². The van der Waals surface area contributed by atoms with Gasteiger partial charge in [-0.3, -0.25) is 0 Å². The summed E-state index contributed by atoms with van der Waals surface area (Å²) in [5, 5.41) is 0. The Hall–Kier alpha value is -0.283. The minimum Gasteiger partial charge on any atom is -0.547 e. The molecule has 70 valence electrons. The molecule has 1 aliphatic rings. The zero-order valence-corrected chi connectivity index (χ0v) is 9.39. The van der Waals surface area contributed by atoms with Crippen LogP contribution in [0.1, 0.15) is 6.92 Å². The first-order valence-electron chi connectivity index (χ1n) is 4.46. The molecule has 1 unspecified atom stereocenters. The van der Waals surface area contributed by atoms with Gasteiger partial charge in [0.05, 0.1) is 19.0 Å². The van der Waals surface area contributed by atoms with Crippen molar-refractivity contribution in [2.24, 2.45) is 5.92 Å². The molecule has 0 aliphatic carbocycles. The summed E-state index contributed by atoms with van der Waals surface area (Å²) in [6.07, 6.45) is 2.06. The van der Waals surface area contributed by atoms with Crippen molar-refractivity contribution >= 4 is 8.32 Å². The normalized spacial score (nSPS) is 25.0. The van der Waals surface area contributed by atoms with E-state index in [1.165, 1.54) is 0 Å². The second-order valence-electron chi connectivity index (χ2n) is 4.26. The maximum Gasteiger partial charge on any atom is 0.241 e. The summed E-state index contributed by atoms with van der Waals surface area (Å²) in [6.45, 7) is 10.3. The van der Waals surface area contributed by atoms with Crippen molar-refractivity contribution in [1.82, 2.24) is 0 Å². The van der Waals surface area contributed by atoms with E-state index in [4.69, 9.17) is 9.16 Å². The van der Waals surface area contributed by atoms with Crippen LogP contribution < -0.4 is 0 Å². The summed E-state index contributed by atoms with van der Waals surface area (Å²) in [6, 6.07) is 0. The van der Waals surface area contributed by atoms with E-state index < -0.39 is 8.32 Å². The summed E-state index contributed by atoms with van der Waals surface area (Å²) in [7, 11) is -1.41. The van der Waals surface area contributed by atoms with Crippen LogP contribution in [0.4, 0.5) is 0 Å². The van der Waals surface area contributed by atoms with Gasteiger partial charge in [0, 0.05) is 5.92 Å². The summed E-state index contributed by atoms with van der Waals surface area (Å²) in [5.41, 5.74) is 0. The number of ether oxygens (including phenoxy) is 1. The van der Waals surface area contributed by atoms with E-state index in [0.29, 0.717) is 12.5 Å². The third-order valence-electron chi connectivity index (χ3n) is 1.68. The van der Waals surface area contributed by atoms with Crippen LogP contribution in [0.25, 0.3) is 0 Å². The van der Waals surface area contributed by atoms with Crippen LogP contribution in [0.15, 0.2) is 11.8 Å². The largest absolute Gasteiger partial charge is 0.547 e. The van der Waals surface area contributed by atoms with Gasteiger partial charge in [0.2, 0.25) is 8.32 Å². The van der Waals surface area contributed by atoms with Crippen LogP contribution in [0, 0.1) is 5.92 Å². The van der Waals surface area contributed by atoms with E-state index in [-0.39, 0.29) is 0 Å². The minimum atomic E-state index is -1.41. The molecule has 0 saturated heterocycles. The van der Waals surface area contributed by atoms with E-state index in [1.54, 1.807) is 0 Å². The number of hydrogen-bond donors (Lipinski definition) is 0. The Kier molecular flexibility index (Phi) is 2.96. The average molecular weight is 186 g/mol. The standard InChI is InChI=1S/C9H18O2Si/c1-8-7-10-6-5-9(8)11-12(2,3)4/h5,8H,6-7H2,1-4H3. The molecular weight excluding hydrogens is 168 g/mol. The van der Waals surface area contributed by atoms with Crippen LogP contribution in [0.5, 0.6) is 0 Å². The highest BCUT2D eigenvalue weighted by Gasteiger charge is 2.22. The van der Waals surface area contributed by atoms with E-state index in [1.807, 2.05) is 0 Å². The molecule has 0 aromatic carbocycles. The molecule has 0 amide bonds. The van der Waals surface area contributed by atoms with Crippen LogP contribution in [0.2, 0.25) is 19.6 Å². The predicted molar refractivity (Wildman–Crippen MR) is 52.5 cm³/mol. The molecule has 0 saturated carbocycles. The molecular formula is C9H18O2Si. The van der Waals surface area contributed by atoms with Gasteiger partial charge >= 0.3 is 0 Å². The molecule has 3 heteroatoms. The van der Waals surface area contributed by atoms with E-state index >= 15 is 0 Å². The Morgan fingerprint density at radius 1 is 1.50 bits per heavy atom. The van der Waals surface area contributed by atoms with Gasteiger partial charge in [-0.05, 0) is 25.7 Å². The second kappa shape index (κ2) is 3.62. The third-order valence-corrected chi connectivity index (χ3v) is 2.53. The first-order chi connectivity index (χ1) is 5.49. The highest BCUT2D eigenvalue weighted by Crippen LogP contribution is 2.21. The topological polar surface area (TPSA) is 18.5 Å². The molecule has 12 heavy (non-hydrogen) atoms. The zero-order chi connectivity index (χ0) is 9.19. The highest BCUT2D eigenvalue weighted by molar-refractivity contribution is 6.70. The maximum atomic E-state index is 5.91. The molecule has 0 aromatic heterocycles. The minimum absolute atomic E-state index is 0.436. The molecule has 2 nitrogen and oxygen atoms in total. The van der Waals surface area contributed by atoms with Gasteiger partial charge in [-0.2, -0.15) is 0 Å². The van der Waals surface area contributed by atoms with Crippen molar-refractivity contribution in [2.75, 3.05) is 13.2 Å². The fraction of sp³-hybridized carbons (Fsp3) is 0.778. The monoisotopic (exact) mass is 186 g/mol. The highest BCUT2D eigenvalue weighted by atomic mass is 28.4.